The van der Waals surface area contributed by atoms with Gasteiger partial charge in [-0.15, -0.1) is 0 Å². The van der Waals surface area contributed by atoms with E-state index in [0.29, 0.717) is 23.2 Å². The summed E-state index contributed by atoms with van der Waals surface area (Å²) in [5.41, 5.74) is 1.67. The standard InChI is InChI=1S/C19H26N4O3/c1-13-11-20-14(2)23(13)12-15-7-9-22(10-8-15)19(24)16-5-6-17(25-3)21-18(16)26-4/h5-6,11,15H,7-10,12H2,1-4H3. The van der Waals surface area contributed by atoms with Gasteiger partial charge in [-0.1, -0.05) is 0 Å². The van der Waals surface area contributed by atoms with Gasteiger partial charge in [0.2, 0.25) is 11.8 Å². The van der Waals surface area contributed by atoms with Crippen LogP contribution in [-0.4, -0.2) is 52.7 Å². The van der Waals surface area contributed by atoms with Crippen LogP contribution in [-0.2, 0) is 6.54 Å². The molecule has 0 aliphatic carbocycles. The molecule has 0 saturated carbocycles. The number of likely N-dealkylation sites (tertiary alicyclic amines) is 1. The molecule has 0 atom stereocenters. The lowest BCUT2D eigenvalue weighted by Crippen LogP contribution is -2.39. The predicted octanol–water partition coefficient (Wildman–Crippen LogP) is 2.46. The minimum absolute atomic E-state index is 0.0366. The fraction of sp³-hybridized carbons (Fsp3) is 0.526. The van der Waals surface area contributed by atoms with Gasteiger partial charge in [0.05, 0.1) is 14.2 Å². The van der Waals surface area contributed by atoms with Crippen LogP contribution in [0.4, 0.5) is 0 Å². The van der Waals surface area contributed by atoms with Gasteiger partial charge in [-0.2, -0.15) is 4.98 Å². The van der Waals surface area contributed by atoms with Gasteiger partial charge in [0, 0.05) is 37.6 Å². The summed E-state index contributed by atoms with van der Waals surface area (Å²) in [6, 6.07) is 3.41. The maximum Gasteiger partial charge on any atom is 0.259 e. The van der Waals surface area contributed by atoms with Crippen LogP contribution in [0.15, 0.2) is 18.3 Å². The van der Waals surface area contributed by atoms with Crippen LogP contribution in [0.5, 0.6) is 11.8 Å². The molecule has 2 aromatic rings. The fourth-order valence-corrected chi connectivity index (χ4v) is 3.46. The number of aryl methyl sites for hydroxylation is 2. The van der Waals surface area contributed by atoms with Gasteiger partial charge in [-0.3, -0.25) is 4.79 Å². The predicted molar refractivity (Wildman–Crippen MR) is 97.7 cm³/mol. The smallest absolute Gasteiger partial charge is 0.259 e. The molecule has 26 heavy (non-hydrogen) atoms. The molecule has 7 heteroatoms. The third-order valence-electron chi connectivity index (χ3n) is 5.06. The van der Waals surface area contributed by atoms with Crippen molar-refractivity contribution in [2.75, 3.05) is 27.3 Å². The van der Waals surface area contributed by atoms with Crippen LogP contribution in [0.2, 0.25) is 0 Å². The number of nitrogens with zero attached hydrogens (tertiary/aromatic N) is 4. The lowest BCUT2D eigenvalue weighted by atomic mass is 9.96. The minimum atomic E-state index is -0.0366. The number of pyridine rings is 1. The number of carbonyl (C=O) groups is 1. The number of ether oxygens (including phenoxy) is 2. The van der Waals surface area contributed by atoms with E-state index in [-0.39, 0.29) is 5.91 Å². The van der Waals surface area contributed by atoms with E-state index < -0.39 is 0 Å². The van der Waals surface area contributed by atoms with Crippen molar-refractivity contribution >= 4 is 5.91 Å². The largest absolute Gasteiger partial charge is 0.481 e. The molecular weight excluding hydrogens is 332 g/mol. The third-order valence-corrected chi connectivity index (χ3v) is 5.06. The number of amides is 1. The third kappa shape index (κ3) is 3.66. The summed E-state index contributed by atoms with van der Waals surface area (Å²) in [6.45, 7) is 6.57. The molecule has 0 N–H and O–H groups in total. The zero-order chi connectivity index (χ0) is 18.7. The summed E-state index contributed by atoms with van der Waals surface area (Å²) in [7, 11) is 3.05. The number of hydrogen-bond donors (Lipinski definition) is 0. The Hall–Kier alpha value is -2.57. The molecule has 0 bridgehead atoms. The molecule has 0 aromatic carbocycles. The van der Waals surface area contributed by atoms with Crippen molar-refractivity contribution in [2.24, 2.45) is 5.92 Å². The van der Waals surface area contributed by atoms with Crippen LogP contribution in [0, 0.1) is 19.8 Å². The highest BCUT2D eigenvalue weighted by atomic mass is 16.5. The number of methoxy groups -OCH3 is 2. The van der Waals surface area contributed by atoms with E-state index in [1.165, 1.54) is 19.9 Å². The van der Waals surface area contributed by atoms with E-state index in [9.17, 15) is 4.79 Å². The second kappa shape index (κ2) is 7.76. The molecule has 0 spiro atoms. The number of carbonyl (C=O) groups excluding carboxylic acids is 1. The molecule has 1 fully saturated rings. The maximum absolute atomic E-state index is 12.9. The maximum atomic E-state index is 12.9. The highest BCUT2D eigenvalue weighted by molar-refractivity contribution is 5.96. The topological polar surface area (TPSA) is 69.5 Å². The molecule has 140 valence electrons. The highest BCUT2D eigenvalue weighted by Crippen LogP contribution is 2.25. The van der Waals surface area contributed by atoms with Gasteiger partial charge < -0.3 is 18.9 Å². The number of hydrogen-bond acceptors (Lipinski definition) is 5. The van der Waals surface area contributed by atoms with Crippen LogP contribution in [0.3, 0.4) is 0 Å². The number of imidazole rings is 1. The molecule has 0 unspecified atom stereocenters. The van der Waals surface area contributed by atoms with Crippen molar-refractivity contribution in [1.82, 2.24) is 19.4 Å². The van der Waals surface area contributed by atoms with E-state index in [2.05, 4.69) is 21.5 Å². The molecule has 1 aliphatic heterocycles. The Balaban J connectivity index is 1.64. The summed E-state index contributed by atoms with van der Waals surface area (Å²) in [5.74, 6) is 2.31. The van der Waals surface area contributed by atoms with Crippen molar-refractivity contribution in [2.45, 2.75) is 33.2 Å². The van der Waals surface area contributed by atoms with Crippen LogP contribution >= 0.6 is 0 Å². The van der Waals surface area contributed by atoms with Gasteiger partial charge in [-0.05, 0) is 38.7 Å². The first-order valence-electron chi connectivity index (χ1n) is 8.90. The van der Waals surface area contributed by atoms with Gasteiger partial charge in [0.15, 0.2) is 0 Å². The molecule has 3 rings (SSSR count). The Morgan fingerprint density at radius 1 is 1.19 bits per heavy atom. The monoisotopic (exact) mass is 358 g/mol. The zero-order valence-electron chi connectivity index (χ0n) is 15.9. The lowest BCUT2D eigenvalue weighted by Gasteiger charge is -2.32. The Morgan fingerprint density at radius 2 is 1.92 bits per heavy atom. The van der Waals surface area contributed by atoms with E-state index >= 15 is 0 Å². The first-order valence-corrected chi connectivity index (χ1v) is 8.90. The van der Waals surface area contributed by atoms with Crippen molar-refractivity contribution in [3.63, 3.8) is 0 Å². The summed E-state index contributed by atoms with van der Waals surface area (Å²) < 4.78 is 12.6. The summed E-state index contributed by atoms with van der Waals surface area (Å²) in [5, 5.41) is 0. The van der Waals surface area contributed by atoms with E-state index in [4.69, 9.17) is 9.47 Å². The van der Waals surface area contributed by atoms with Gasteiger partial charge in [-0.25, -0.2) is 4.98 Å². The van der Waals surface area contributed by atoms with Crippen molar-refractivity contribution in [3.8, 4) is 11.8 Å². The Bertz CT molecular complexity index is 760. The fourth-order valence-electron chi connectivity index (χ4n) is 3.46. The molecule has 0 radical (unpaired) electrons. The highest BCUT2D eigenvalue weighted by Gasteiger charge is 2.26. The van der Waals surface area contributed by atoms with Crippen molar-refractivity contribution in [3.05, 3.63) is 35.4 Å². The Labute approximate surface area is 154 Å². The Morgan fingerprint density at radius 3 is 2.50 bits per heavy atom. The van der Waals surface area contributed by atoms with Gasteiger partial charge in [0.1, 0.15) is 11.4 Å². The lowest BCUT2D eigenvalue weighted by molar-refractivity contribution is 0.0678. The van der Waals surface area contributed by atoms with Crippen LogP contribution in [0.1, 0.15) is 34.7 Å². The minimum Gasteiger partial charge on any atom is -0.481 e. The average Bonchev–Trinajstić information content (AvgIpc) is 2.99. The molecule has 2 aromatic heterocycles. The quantitative estimate of drug-likeness (QED) is 0.821. The molecule has 1 amide bonds. The van der Waals surface area contributed by atoms with E-state index in [1.807, 2.05) is 18.0 Å². The van der Waals surface area contributed by atoms with E-state index in [1.54, 1.807) is 12.1 Å². The van der Waals surface area contributed by atoms with Gasteiger partial charge in [0.25, 0.3) is 5.91 Å². The molecular formula is C19H26N4O3. The van der Waals surface area contributed by atoms with Crippen LogP contribution in [0.25, 0.3) is 0 Å². The summed E-state index contributed by atoms with van der Waals surface area (Å²) in [4.78, 5) is 23.3. The molecule has 3 heterocycles. The number of piperidine rings is 1. The van der Waals surface area contributed by atoms with Crippen molar-refractivity contribution in [1.29, 1.82) is 0 Å². The molecule has 1 aliphatic rings. The first kappa shape index (κ1) is 18.2. The normalized spacial score (nSPS) is 15.2. The molecule has 1 saturated heterocycles. The SMILES string of the molecule is COc1ccc(C(=O)N2CCC(Cn3c(C)cnc3C)CC2)c(OC)n1. The summed E-state index contributed by atoms with van der Waals surface area (Å²) >= 11 is 0. The molecule has 7 nitrogen and oxygen atoms in total. The van der Waals surface area contributed by atoms with Crippen molar-refractivity contribution < 1.29 is 14.3 Å². The first-order chi connectivity index (χ1) is 12.5. The second-order valence-electron chi connectivity index (χ2n) is 6.70. The average molecular weight is 358 g/mol. The number of rotatable bonds is 5. The van der Waals surface area contributed by atoms with E-state index in [0.717, 1.165) is 38.3 Å². The second-order valence-corrected chi connectivity index (χ2v) is 6.70. The summed E-state index contributed by atoms with van der Waals surface area (Å²) in [6.07, 6.45) is 3.88. The zero-order valence-corrected chi connectivity index (χ0v) is 15.9. The Kier molecular flexibility index (Phi) is 5.44. The van der Waals surface area contributed by atoms with Gasteiger partial charge >= 0.3 is 0 Å². The van der Waals surface area contributed by atoms with Crippen LogP contribution < -0.4 is 9.47 Å². The number of aromatic nitrogens is 3.